The molecule has 4 rings (SSSR count). The molecule has 0 aliphatic heterocycles. The lowest BCUT2D eigenvalue weighted by molar-refractivity contribution is -0.122. The Hall–Kier alpha value is -3.86. The number of nitrogens with one attached hydrogen (secondary N) is 2. The van der Waals surface area contributed by atoms with Gasteiger partial charge in [-0.15, -0.1) is 0 Å². The van der Waals surface area contributed by atoms with Crippen molar-refractivity contribution in [3.8, 4) is 16.8 Å². The number of urea groups is 1. The molecule has 0 saturated carbocycles. The Morgan fingerprint density at radius 2 is 2.00 bits per heavy atom. The lowest BCUT2D eigenvalue weighted by Crippen LogP contribution is -2.36. The lowest BCUT2D eigenvalue weighted by Gasteiger charge is -2.11. The number of carbonyl (C=O) groups is 1. The summed E-state index contributed by atoms with van der Waals surface area (Å²) in [4.78, 5) is 16.3. The van der Waals surface area contributed by atoms with Gasteiger partial charge in [0.1, 0.15) is 19.1 Å². The Balaban J connectivity index is 1.54. The van der Waals surface area contributed by atoms with E-state index >= 15 is 0 Å². The zero-order chi connectivity index (χ0) is 24.3. The molecule has 1 atom stereocenters. The highest BCUT2D eigenvalue weighted by atomic mass is 19.4. The van der Waals surface area contributed by atoms with Crippen LogP contribution in [0, 0.1) is 0 Å². The average Bonchev–Trinajstić information content (AvgIpc) is 3.45. The van der Waals surface area contributed by atoms with Crippen molar-refractivity contribution >= 4 is 22.8 Å². The minimum Gasteiger partial charge on any atom is -0.357 e. The van der Waals surface area contributed by atoms with Crippen molar-refractivity contribution in [2.75, 3.05) is 18.5 Å². The van der Waals surface area contributed by atoms with E-state index in [9.17, 15) is 18.0 Å². The fourth-order valence-corrected chi connectivity index (χ4v) is 3.49. The Kier molecular flexibility index (Phi) is 6.55. The molecule has 34 heavy (non-hydrogen) atoms. The summed E-state index contributed by atoms with van der Waals surface area (Å²) in [7, 11) is 0. The van der Waals surface area contributed by atoms with E-state index < -0.39 is 18.8 Å². The maximum Gasteiger partial charge on any atom is 0.405 e. The molecule has 1 unspecified atom stereocenters. The first-order chi connectivity index (χ1) is 16.2. The number of carbonyl (C=O) groups excluding carboxylic acids is 1. The van der Waals surface area contributed by atoms with Gasteiger partial charge >= 0.3 is 12.2 Å². The van der Waals surface area contributed by atoms with E-state index in [0.717, 1.165) is 22.2 Å². The summed E-state index contributed by atoms with van der Waals surface area (Å²) in [6, 6.07) is 11.7. The molecule has 0 radical (unpaired) electrons. The Morgan fingerprint density at radius 1 is 1.18 bits per heavy atom. The predicted molar refractivity (Wildman–Crippen MR) is 122 cm³/mol. The number of alkyl halides is 3. The van der Waals surface area contributed by atoms with Crippen molar-refractivity contribution in [2.45, 2.75) is 26.3 Å². The van der Waals surface area contributed by atoms with Gasteiger partial charge in [0.25, 0.3) is 0 Å². The molecule has 0 fully saturated rings. The van der Waals surface area contributed by atoms with Crippen LogP contribution >= 0.6 is 0 Å². The van der Waals surface area contributed by atoms with E-state index in [1.807, 2.05) is 48.9 Å². The maximum atomic E-state index is 12.3. The van der Waals surface area contributed by atoms with Crippen LogP contribution in [-0.2, 0) is 4.74 Å². The second-order valence-corrected chi connectivity index (χ2v) is 7.55. The van der Waals surface area contributed by atoms with Gasteiger partial charge in [-0.3, -0.25) is 4.57 Å². The lowest BCUT2D eigenvalue weighted by atomic mass is 10.1. The number of rotatable bonds is 7. The van der Waals surface area contributed by atoms with Crippen LogP contribution in [0.2, 0.25) is 0 Å². The number of ether oxygens (including phenoxy) is 1. The number of anilines is 1. The number of hydrogen-bond acceptors (Lipinski definition) is 4. The van der Waals surface area contributed by atoms with Crippen molar-refractivity contribution in [1.29, 1.82) is 0 Å². The van der Waals surface area contributed by atoms with Gasteiger partial charge in [0.2, 0.25) is 0 Å². The third-order valence-electron chi connectivity index (χ3n) is 5.09. The highest BCUT2D eigenvalue weighted by Crippen LogP contribution is 2.27. The van der Waals surface area contributed by atoms with E-state index in [0.29, 0.717) is 18.0 Å². The third-order valence-corrected chi connectivity index (χ3v) is 5.09. The molecule has 0 saturated heterocycles. The van der Waals surface area contributed by atoms with Crippen molar-refractivity contribution in [1.82, 2.24) is 24.6 Å². The highest BCUT2D eigenvalue weighted by molar-refractivity contribution is 5.90. The molecule has 4 aromatic rings. The van der Waals surface area contributed by atoms with Gasteiger partial charge in [-0.25, -0.2) is 14.5 Å². The molecule has 0 bridgehead atoms. The van der Waals surface area contributed by atoms with E-state index in [-0.39, 0.29) is 6.23 Å². The quantitative estimate of drug-likeness (QED) is 0.391. The van der Waals surface area contributed by atoms with Crippen LogP contribution in [0.3, 0.4) is 0 Å². The summed E-state index contributed by atoms with van der Waals surface area (Å²) >= 11 is 0. The number of hydrogen-bond donors (Lipinski definition) is 2. The molecule has 2 aromatic heterocycles. The number of imidazole rings is 1. The first-order valence-electron chi connectivity index (χ1n) is 10.6. The Bertz CT molecular complexity index is 1300. The normalized spacial score (nSPS) is 12.6. The summed E-state index contributed by atoms with van der Waals surface area (Å²) in [5.74, 6) is 0. The van der Waals surface area contributed by atoms with Gasteiger partial charge in [0, 0.05) is 29.7 Å². The van der Waals surface area contributed by atoms with Gasteiger partial charge in [-0.2, -0.15) is 18.3 Å². The zero-order valence-electron chi connectivity index (χ0n) is 18.5. The fraction of sp³-hybridized carbons (Fsp3) is 0.261. The van der Waals surface area contributed by atoms with Crippen molar-refractivity contribution in [3.63, 3.8) is 0 Å². The minimum absolute atomic E-state index is 0.168. The number of aromatic nitrogens is 4. The first-order valence-corrected chi connectivity index (χ1v) is 10.6. The number of nitrogens with zero attached hydrogens (tertiary/aromatic N) is 4. The minimum atomic E-state index is -4.48. The number of fused-ring (bicyclic) bond motifs is 1. The van der Waals surface area contributed by atoms with E-state index in [4.69, 9.17) is 4.74 Å². The largest absolute Gasteiger partial charge is 0.405 e. The molecule has 0 aliphatic rings. The second-order valence-electron chi connectivity index (χ2n) is 7.55. The SMILES string of the molecule is CCOC(C)n1cc(-c2ccc3c(c2)ncn3-c2cccc(NC(=O)NCC(F)(F)F)c2)cn1. The van der Waals surface area contributed by atoms with Gasteiger partial charge in [0.05, 0.1) is 17.2 Å². The molecule has 0 spiro atoms. The summed E-state index contributed by atoms with van der Waals surface area (Å²) in [5.41, 5.74) is 4.51. The molecule has 0 aliphatic carbocycles. The van der Waals surface area contributed by atoms with Gasteiger partial charge in [-0.1, -0.05) is 12.1 Å². The Labute approximate surface area is 193 Å². The molecule has 11 heteroatoms. The smallest absolute Gasteiger partial charge is 0.357 e. The molecule has 178 valence electrons. The molecule has 2 N–H and O–H groups in total. The van der Waals surface area contributed by atoms with Gasteiger partial charge in [0.15, 0.2) is 0 Å². The van der Waals surface area contributed by atoms with E-state index in [1.165, 1.54) is 0 Å². The second kappa shape index (κ2) is 9.56. The van der Waals surface area contributed by atoms with Crippen LogP contribution in [0.15, 0.2) is 61.2 Å². The first kappa shape index (κ1) is 23.3. The summed E-state index contributed by atoms with van der Waals surface area (Å²) in [6.07, 6.45) is 0.689. The van der Waals surface area contributed by atoms with Gasteiger partial charge in [-0.05, 0) is 49.7 Å². The maximum absolute atomic E-state index is 12.3. The Morgan fingerprint density at radius 3 is 2.76 bits per heavy atom. The number of amides is 2. The molecule has 2 aromatic carbocycles. The van der Waals surface area contributed by atoms with E-state index in [1.54, 1.807) is 40.7 Å². The van der Waals surface area contributed by atoms with Crippen molar-refractivity contribution in [2.24, 2.45) is 0 Å². The molecule has 8 nitrogen and oxygen atoms in total. The van der Waals surface area contributed by atoms with Crippen molar-refractivity contribution < 1.29 is 22.7 Å². The average molecular weight is 472 g/mol. The molecular formula is C23H23F3N6O2. The fourth-order valence-electron chi connectivity index (χ4n) is 3.49. The standard InChI is InChI=1S/C23H23F3N6O2/c1-3-34-15(2)32-12-17(11-29-32)16-7-8-21-20(9-16)28-14-31(21)19-6-4-5-18(10-19)30-22(33)27-13-23(24,25)26/h4-12,14-15H,3,13H2,1-2H3,(H2,27,30,33). The van der Waals surface area contributed by atoms with Crippen LogP contribution in [0.25, 0.3) is 27.8 Å². The summed E-state index contributed by atoms with van der Waals surface area (Å²) < 4.78 is 46.0. The van der Waals surface area contributed by atoms with Crippen LogP contribution < -0.4 is 10.6 Å². The monoisotopic (exact) mass is 472 g/mol. The summed E-state index contributed by atoms with van der Waals surface area (Å²) in [5, 5.41) is 8.56. The van der Waals surface area contributed by atoms with E-state index in [2.05, 4.69) is 15.4 Å². The van der Waals surface area contributed by atoms with Crippen LogP contribution in [0.1, 0.15) is 20.1 Å². The van der Waals surface area contributed by atoms with Crippen molar-refractivity contribution in [3.05, 3.63) is 61.2 Å². The van der Waals surface area contributed by atoms with Crippen LogP contribution in [0.4, 0.5) is 23.7 Å². The zero-order valence-corrected chi connectivity index (χ0v) is 18.5. The number of halogens is 3. The van der Waals surface area contributed by atoms with Crippen LogP contribution in [-0.4, -0.2) is 44.7 Å². The molecule has 2 amide bonds. The predicted octanol–water partition coefficient (Wildman–Crippen LogP) is 5.13. The third kappa shape index (κ3) is 5.37. The molecular weight excluding hydrogens is 449 g/mol. The molecule has 2 heterocycles. The number of benzene rings is 2. The highest BCUT2D eigenvalue weighted by Gasteiger charge is 2.27. The topological polar surface area (TPSA) is 86.0 Å². The van der Waals surface area contributed by atoms with Gasteiger partial charge < -0.3 is 15.4 Å². The van der Waals surface area contributed by atoms with Crippen LogP contribution in [0.5, 0.6) is 0 Å². The summed E-state index contributed by atoms with van der Waals surface area (Å²) in [6.45, 7) is 3.04.